The van der Waals surface area contributed by atoms with Crippen LogP contribution in [0.1, 0.15) is 40.3 Å². The van der Waals surface area contributed by atoms with Crippen molar-refractivity contribution < 1.29 is 4.74 Å². The predicted octanol–water partition coefficient (Wildman–Crippen LogP) is 11.6. The number of hydrogen-bond donors (Lipinski definition) is 0. The Morgan fingerprint density at radius 1 is 0.477 bits per heavy atom. The number of benzene rings is 5. The Morgan fingerprint density at radius 2 is 0.841 bits per heavy atom. The third-order valence-electron chi connectivity index (χ3n) is 7.24. The van der Waals surface area contributed by atoms with E-state index in [-0.39, 0.29) is 0 Å². The van der Waals surface area contributed by atoms with Gasteiger partial charge in [0, 0.05) is 11.4 Å². The highest BCUT2D eigenvalue weighted by molar-refractivity contribution is 5.81. The molecule has 5 aromatic rings. The van der Waals surface area contributed by atoms with Crippen LogP contribution in [0.5, 0.6) is 5.75 Å². The Kier molecular flexibility index (Phi) is 10.4. The highest BCUT2D eigenvalue weighted by Gasteiger charge is 2.16. The fourth-order valence-electron chi connectivity index (χ4n) is 4.84. The number of anilines is 3. The first-order chi connectivity index (χ1) is 21.6. The molecule has 218 valence electrons. The van der Waals surface area contributed by atoms with E-state index in [1.165, 1.54) is 22.3 Å². The summed E-state index contributed by atoms with van der Waals surface area (Å²) in [6, 6.07) is 42.5. The van der Waals surface area contributed by atoms with Crippen LogP contribution in [0.25, 0.3) is 24.3 Å². The third-order valence-corrected chi connectivity index (χ3v) is 7.24. The van der Waals surface area contributed by atoms with Crippen molar-refractivity contribution in [2.24, 2.45) is 0 Å². The molecule has 0 N–H and O–H groups in total. The van der Waals surface area contributed by atoms with Crippen LogP contribution in [0.4, 0.5) is 17.1 Å². The lowest BCUT2D eigenvalue weighted by molar-refractivity contribution is 0.341. The number of ether oxygens (including phenoxy) is 1. The maximum atomic E-state index is 6.05. The lowest BCUT2D eigenvalue weighted by Crippen LogP contribution is -2.11. The number of aryl methyl sites for hydroxylation is 2. The molecule has 44 heavy (non-hydrogen) atoms. The standard InChI is InChI=1S/C42H39NO/c1-4-44-42-16-10-9-15-41(42)43(39-29-25-37(26-30-39)13-7-5-11-35-21-17-33(2)18-22-35)40-31-27-38(28-32-40)14-8-6-12-36-23-19-34(3)20-24-36/h5-32H,4H2,1-3H3/b11-5+,12-6+,13-7+,14-8+. The molecule has 0 unspecified atom stereocenters. The highest BCUT2D eigenvalue weighted by Crippen LogP contribution is 2.40. The van der Waals surface area contributed by atoms with Crippen molar-refractivity contribution in [2.45, 2.75) is 20.8 Å². The van der Waals surface area contributed by atoms with Gasteiger partial charge in [-0.2, -0.15) is 0 Å². The van der Waals surface area contributed by atoms with E-state index < -0.39 is 0 Å². The van der Waals surface area contributed by atoms with Crippen molar-refractivity contribution in [2.75, 3.05) is 11.5 Å². The minimum atomic E-state index is 0.602. The maximum absolute atomic E-state index is 6.05. The molecule has 5 aromatic carbocycles. The predicted molar refractivity (Wildman–Crippen MR) is 191 cm³/mol. The summed E-state index contributed by atoms with van der Waals surface area (Å²) in [6.07, 6.45) is 16.8. The summed E-state index contributed by atoms with van der Waals surface area (Å²) in [4.78, 5) is 2.25. The van der Waals surface area contributed by atoms with Crippen LogP contribution in [0, 0.1) is 13.8 Å². The Morgan fingerprint density at radius 3 is 1.23 bits per heavy atom. The Labute approximate surface area is 262 Å². The van der Waals surface area contributed by atoms with Gasteiger partial charge in [0.05, 0.1) is 12.3 Å². The summed E-state index contributed by atoms with van der Waals surface area (Å²) in [5.41, 5.74) is 10.3. The first-order valence-corrected chi connectivity index (χ1v) is 15.1. The Bertz CT molecular complexity index is 1630. The molecule has 0 saturated carbocycles. The van der Waals surface area contributed by atoms with E-state index in [1.54, 1.807) is 0 Å². The summed E-state index contributed by atoms with van der Waals surface area (Å²) in [5, 5.41) is 0. The van der Waals surface area contributed by atoms with Gasteiger partial charge in [0.15, 0.2) is 0 Å². The van der Waals surface area contributed by atoms with Gasteiger partial charge in [-0.1, -0.05) is 145 Å². The summed E-state index contributed by atoms with van der Waals surface area (Å²) in [6.45, 7) is 6.83. The molecule has 0 radical (unpaired) electrons. The van der Waals surface area contributed by atoms with Crippen molar-refractivity contribution in [3.63, 3.8) is 0 Å². The van der Waals surface area contributed by atoms with Gasteiger partial charge in [0.25, 0.3) is 0 Å². The average Bonchev–Trinajstić information content (AvgIpc) is 3.05. The molecule has 0 saturated heterocycles. The van der Waals surface area contributed by atoms with Crippen molar-refractivity contribution in [1.29, 1.82) is 0 Å². The van der Waals surface area contributed by atoms with Crippen LogP contribution >= 0.6 is 0 Å². The molecule has 0 fully saturated rings. The van der Waals surface area contributed by atoms with Crippen LogP contribution in [-0.2, 0) is 0 Å². The fourth-order valence-corrected chi connectivity index (χ4v) is 4.84. The molecule has 0 atom stereocenters. The lowest BCUT2D eigenvalue weighted by atomic mass is 10.1. The number of hydrogen-bond acceptors (Lipinski definition) is 2. The van der Waals surface area contributed by atoms with Gasteiger partial charge in [-0.15, -0.1) is 0 Å². The van der Waals surface area contributed by atoms with Crippen molar-refractivity contribution in [1.82, 2.24) is 0 Å². The summed E-state index contributed by atoms with van der Waals surface area (Å²) in [7, 11) is 0. The first kappa shape index (κ1) is 30.1. The minimum absolute atomic E-state index is 0.602. The van der Waals surface area contributed by atoms with E-state index in [0.29, 0.717) is 6.61 Å². The van der Waals surface area contributed by atoms with Gasteiger partial charge in [-0.3, -0.25) is 0 Å². The zero-order valence-electron chi connectivity index (χ0n) is 25.7. The summed E-state index contributed by atoms with van der Waals surface area (Å²) >= 11 is 0. The van der Waals surface area contributed by atoms with Gasteiger partial charge >= 0.3 is 0 Å². The van der Waals surface area contributed by atoms with Gasteiger partial charge in [-0.25, -0.2) is 0 Å². The largest absolute Gasteiger partial charge is 0.492 e. The van der Waals surface area contributed by atoms with Crippen LogP contribution in [0.2, 0.25) is 0 Å². The van der Waals surface area contributed by atoms with E-state index in [1.807, 2.05) is 19.1 Å². The molecule has 0 bridgehead atoms. The molecule has 0 aliphatic heterocycles. The number of nitrogens with zero attached hydrogens (tertiary/aromatic N) is 1. The van der Waals surface area contributed by atoms with Crippen LogP contribution in [-0.4, -0.2) is 6.61 Å². The van der Waals surface area contributed by atoms with Crippen LogP contribution < -0.4 is 9.64 Å². The second-order valence-corrected chi connectivity index (χ2v) is 10.7. The van der Waals surface area contributed by atoms with Gasteiger partial charge in [0.1, 0.15) is 5.75 Å². The smallest absolute Gasteiger partial charge is 0.143 e. The quantitative estimate of drug-likeness (QED) is 0.146. The van der Waals surface area contributed by atoms with Crippen molar-refractivity contribution in [3.05, 3.63) is 179 Å². The van der Waals surface area contributed by atoms with E-state index in [2.05, 4.69) is 177 Å². The van der Waals surface area contributed by atoms with E-state index in [4.69, 9.17) is 4.74 Å². The van der Waals surface area contributed by atoms with Crippen molar-refractivity contribution >= 4 is 41.4 Å². The van der Waals surface area contributed by atoms with Gasteiger partial charge in [0.2, 0.25) is 0 Å². The van der Waals surface area contributed by atoms with Crippen molar-refractivity contribution in [3.8, 4) is 5.75 Å². The Hall–Kier alpha value is -5.34. The van der Waals surface area contributed by atoms with Gasteiger partial charge < -0.3 is 9.64 Å². The molecule has 2 nitrogen and oxygen atoms in total. The maximum Gasteiger partial charge on any atom is 0.143 e. The Balaban J connectivity index is 1.36. The SMILES string of the molecule is CCOc1ccccc1N(c1ccc(/C=C/C=C/c2ccc(C)cc2)cc1)c1ccc(/C=C/C=C/c2ccc(C)cc2)cc1. The van der Waals surface area contributed by atoms with E-state index >= 15 is 0 Å². The van der Waals surface area contributed by atoms with Crippen LogP contribution in [0.15, 0.2) is 146 Å². The fraction of sp³-hybridized carbons (Fsp3) is 0.0952. The molecule has 2 heteroatoms. The summed E-state index contributed by atoms with van der Waals surface area (Å²) in [5.74, 6) is 0.852. The third kappa shape index (κ3) is 8.36. The monoisotopic (exact) mass is 573 g/mol. The molecule has 0 spiro atoms. The molecule has 0 aliphatic carbocycles. The van der Waals surface area contributed by atoms with Gasteiger partial charge in [-0.05, 0) is 79.4 Å². The zero-order valence-corrected chi connectivity index (χ0v) is 25.7. The molecular weight excluding hydrogens is 534 g/mol. The molecule has 0 heterocycles. The number of rotatable bonds is 11. The highest BCUT2D eigenvalue weighted by atomic mass is 16.5. The topological polar surface area (TPSA) is 12.5 Å². The molecule has 0 amide bonds. The molecule has 5 rings (SSSR count). The van der Waals surface area contributed by atoms with E-state index in [0.717, 1.165) is 33.9 Å². The number of para-hydroxylation sites is 2. The lowest BCUT2D eigenvalue weighted by Gasteiger charge is -2.27. The number of allylic oxidation sites excluding steroid dienone is 4. The average molecular weight is 574 g/mol. The second-order valence-electron chi connectivity index (χ2n) is 10.7. The van der Waals surface area contributed by atoms with E-state index in [9.17, 15) is 0 Å². The first-order valence-electron chi connectivity index (χ1n) is 15.1. The molecule has 0 aromatic heterocycles. The minimum Gasteiger partial charge on any atom is -0.492 e. The zero-order chi connectivity index (χ0) is 30.6. The normalized spacial score (nSPS) is 11.7. The molecule has 0 aliphatic rings. The second kappa shape index (κ2) is 15.2. The summed E-state index contributed by atoms with van der Waals surface area (Å²) < 4.78 is 6.05. The molecular formula is C42H39NO. The van der Waals surface area contributed by atoms with Crippen LogP contribution in [0.3, 0.4) is 0 Å².